The van der Waals surface area contributed by atoms with E-state index in [2.05, 4.69) is 76.0 Å². The predicted octanol–water partition coefficient (Wildman–Crippen LogP) is 4.54. The lowest BCUT2D eigenvalue weighted by molar-refractivity contribution is 0.0903. The molecule has 1 N–H and O–H groups in total. The average Bonchev–Trinajstić information content (AvgIpc) is 3.26. The van der Waals surface area contributed by atoms with Crippen molar-refractivity contribution in [2.75, 3.05) is 32.6 Å². The first-order valence-electron chi connectivity index (χ1n) is 12.0. The molecule has 1 fully saturated rings. The predicted molar refractivity (Wildman–Crippen MR) is 136 cm³/mol. The van der Waals surface area contributed by atoms with E-state index in [1.165, 1.54) is 5.57 Å². The van der Waals surface area contributed by atoms with E-state index in [4.69, 9.17) is 9.72 Å². The van der Waals surface area contributed by atoms with Crippen molar-refractivity contribution >= 4 is 11.6 Å². The van der Waals surface area contributed by atoms with Gasteiger partial charge in [-0.05, 0) is 64.9 Å². The Kier molecular flexibility index (Phi) is 7.70. The maximum Gasteiger partial charge on any atom is 0.223 e. The highest BCUT2D eigenvalue weighted by Crippen LogP contribution is 2.31. The minimum atomic E-state index is 0.0941. The summed E-state index contributed by atoms with van der Waals surface area (Å²) in [5, 5.41) is 12.6. The fourth-order valence-electron chi connectivity index (χ4n) is 4.43. The third-order valence-electron chi connectivity index (χ3n) is 6.51. The first-order valence-corrected chi connectivity index (χ1v) is 12.0. The van der Waals surface area contributed by atoms with Crippen LogP contribution in [0.1, 0.15) is 45.5 Å². The summed E-state index contributed by atoms with van der Waals surface area (Å²) in [6, 6.07) is 6.48. The van der Waals surface area contributed by atoms with Crippen LogP contribution in [-0.2, 0) is 4.74 Å². The quantitative estimate of drug-likeness (QED) is 0.493. The Bertz CT molecular complexity index is 1160. The second kappa shape index (κ2) is 10.9. The number of fused-ring (bicyclic) bond motifs is 1. The SMILES string of the molecule is CC=CC=C(C)C(C)C(c1nnc2cc(-c3ccnc(NC4CCOCC4)n3)ccn12)N(C)C. The maximum absolute atomic E-state index is 5.44. The van der Waals surface area contributed by atoms with Crippen molar-refractivity contribution in [3.05, 3.63) is 60.2 Å². The normalized spacial score (nSPS) is 17.5. The molecular formula is C26H35N7O. The third kappa shape index (κ3) is 5.34. The summed E-state index contributed by atoms with van der Waals surface area (Å²) in [6.07, 6.45) is 12.1. The number of aromatic nitrogens is 5. The molecule has 0 spiro atoms. The third-order valence-corrected chi connectivity index (χ3v) is 6.51. The van der Waals surface area contributed by atoms with E-state index in [0.29, 0.717) is 12.0 Å². The van der Waals surface area contributed by atoms with Crippen LogP contribution < -0.4 is 5.32 Å². The second-order valence-electron chi connectivity index (χ2n) is 9.13. The van der Waals surface area contributed by atoms with Gasteiger partial charge >= 0.3 is 0 Å². The van der Waals surface area contributed by atoms with Crippen LogP contribution >= 0.6 is 0 Å². The van der Waals surface area contributed by atoms with Gasteiger partial charge in [-0.15, -0.1) is 10.2 Å². The Balaban J connectivity index is 1.61. The fraction of sp³-hybridized carbons (Fsp3) is 0.462. The molecule has 0 saturated carbocycles. The number of nitrogens with zero attached hydrogens (tertiary/aromatic N) is 6. The molecule has 3 aromatic rings. The summed E-state index contributed by atoms with van der Waals surface area (Å²) in [7, 11) is 4.18. The van der Waals surface area contributed by atoms with Crippen molar-refractivity contribution in [3.63, 3.8) is 0 Å². The van der Waals surface area contributed by atoms with Gasteiger partial charge in [0.05, 0.1) is 11.7 Å². The van der Waals surface area contributed by atoms with Gasteiger partial charge in [-0.25, -0.2) is 9.97 Å². The lowest BCUT2D eigenvalue weighted by Crippen LogP contribution is -2.28. The van der Waals surface area contributed by atoms with E-state index in [9.17, 15) is 0 Å². The molecule has 0 radical (unpaired) electrons. The number of pyridine rings is 1. The molecule has 3 aromatic heterocycles. The van der Waals surface area contributed by atoms with E-state index >= 15 is 0 Å². The monoisotopic (exact) mass is 461 g/mol. The number of hydrogen-bond donors (Lipinski definition) is 1. The second-order valence-corrected chi connectivity index (χ2v) is 9.13. The molecule has 1 aliphatic rings. The van der Waals surface area contributed by atoms with E-state index < -0.39 is 0 Å². The standard InChI is InChI=1S/C26H35N7O/c1-6-7-8-18(2)19(3)24(32(4)5)25-31-30-23-17-20(10-14-33(23)25)22-9-13-27-26(29-22)28-21-11-15-34-16-12-21/h6-10,13-14,17,19,21,24H,11-12,15-16H2,1-5H3,(H,27,28,29). The van der Waals surface area contributed by atoms with Gasteiger partial charge in [0.15, 0.2) is 11.5 Å². The van der Waals surface area contributed by atoms with Crippen LogP contribution in [0.5, 0.6) is 0 Å². The minimum Gasteiger partial charge on any atom is -0.381 e. The van der Waals surface area contributed by atoms with Gasteiger partial charge in [-0.1, -0.05) is 30.7 Å². The van der Waals surface area contributed by atoms with Crippen molar-refractivity contribution in [1.82, 2.24) is 29.5 Å². The molecule has 1 aliphatic heterocycles. The molecule has 0 aromatic carbocycles. The molecule has 180 valence electrons. The molecule has 8 nitrogen and oxygen atoms in total. The molecule has 0 aliphatic carbocycles. The van der Waals surface area contributed by atoms with Crippen molar-refractivity contribution in [1.29, 1.82) is 0 Å². The zero-order valence-corrected chi connectivity index (χ0v) is 20.8. The molecule has 8 heteroatoms. The maximum atomic E-state index is 5.44. The van der Waals surface area contributed by atoms with Crippen LogP contribution in [0.3, 0.4) is 0 Å². The number of allylic oxidation sites excluding steroid dienone is 3. The lowest BCUT2D eigenvalue weighted by Gasteiger charge is -2.29. The Labute approximate surface area is 201 Å². The Hall–Kier alpha value is -3.10. The Morgan fingerprint density at radius 1 is 1.24 bits per heavy atom. The van der Waals surface area contributed by atoms with Crippen LogP contribution in [0.2, 0.25) is 0 Å². The smallest absolute Gasteiger partial charge is 0.223 e. The van der Waals surface area contributed by atoms with E-state index in [-0.39, 0.29) is 12.0 Å². The summed E-state index contributed by atoms with van der Waals surface area (Å²) in [6.45, 7) is 8.00. The molecule has 2 unspecified atom stereocenters. The Morgan fingerprint density at radius 2 is 2.03 bits per heavy atom. The molecule has 1 saturated heterocycles. The fourth-order valence-corrected chi connectivity index (χ4v) is 4.43. The van der Waals surface area contributed by atoms with Crippen molar-refractivity contribution in [2.24, 2.45) is 5.92 Å². The summed E-state index contributed by atoms with van der Waals surface area (Å²) < 4.78 is 7.52. The van der Waals surface area contributed by atoms with E-state index in [1.54, 1.807) is 6.20 Å². The first-order chi connectivity index (χ1) is 16.5. The summed E-state index contributed by atoms with van der Waals surface area (Å²) in [4.78, 5) is 11.4. The first kappa shape index (κ1) is 24.0. The number of rotatable bonds is 8. The van der Waals surface area contributed by atoms with Crippen LogP contribution in [0.4, 0.5) is 5.95 Å². The van der Waals surface area contributed by atoms with Gasteiger partial charge in [0.1, 0.15) is 0 Å². The van der Waals surface area contributed by atoms with Crippen molar-refractivity contribution < 1.29 is 4.74 Å². The van der Waals surface area contributed by atoms with Gasteiger partial charge in [-0.3, -0.25) is 9.30 Å². The molecule has 4 heterocycles. The zero-order chi connectivity index (χ0) is 24.1. The highest BCUT2D eigenvalue weighted by atomic mass is 16.5. The highest BCUT2D eigenvalue weighted by molar-refractivity contribution is 5.64. The molecule has 4 rings (SSSR count). The molecule has 34 heavy (non-hydrogen) atoms. The average molecular weight is 462 g/mol. The van der Waals surface area contributed by atoms with Gasteiger partial charge in [0, 0.05) is 37.2 Å². The van der Waals surface area contributed by atoms with Crippen LogP contribution in [0.15, 0.2) is 54.4 Å². The van der Waals surface area contributed by atoms with Crippen LogP contribution in [-0.4, -0.2) is 62.8 Å². The summed E-state index contributed by atoms with van der Waals surface area (Å²) in [5.41, 5.74) is 3.96. The minimum absolute atomic E-state index is 0.0941. The van der Waals surface area contributed by atoms with Gasteiger partial charge in [0.25, 0.3) is 0 Å². The van der Waals surface area contributed by atoms with Crippen molar-refractivity contribution in [3.8, 4) is 11.3 Å². The molecule has 0 bridgehead atoms. The molecule has 0 amide bonds. The van der Waals surface area contributed by atoms with Crippen molar-refractivity contribution in [2.45, 2.75) is 45.7 Å². The van der Waals surface area contributed by atoms with Gasteiger partial charge in [-0.2, -0.15) is 0 Å². The molecular weight excluding hydrogens is 426 g/mol. The molecule has 2 atom stereocenters. The van der Waals surface area contributed by atoms with E-state index in [0.717, 1.165) is 48.8 Å². The number of ether oxygens (including phenoxy) is 1. The summed E-state index contributed by atoms with van der Waals surface area (Å²) in [5.74, 6) is 1.85. The zero-order valence-electron chi connectivity index (χ0n) is 20.8. The van der Waals surface area contributed by atoms with Gasteiger partial charge in [0.2, 0.25) is 5.95 Å². The van der Waals surface area contributed by atoms with Crippen LogP contribution in [0, 0.1) is 5.92 Å². The largest absolute Gasteiger partial charge is 0.381 e. The number of nitrogens with one attached hydrogen (secondary N) is 1. The lowest BCUT2D eigenvalue weighted by atomic mass is 9.92. The van der Waals surface area contributed by atoms with Crippen LogP contribution in [0.25, 0.3) is 16.9 Å². The number of hydrogen-bond acceptors (Lipinski definition) is 7. The Morgan fingerprint density at radius 3 is 2.76 bits per heavy atom. The highest BCUT2D eigenvalue weighted by Gasteiger charge is 2.27. The van der Waals surface area contributed by atoms with Gasteiger partial charge < -0.3 is 10.1 Å². The van der Waals surface area contributed by atoms with E-state index in [1.807, 2.05) is 31.3 Å². The topological polar surface area (TPSA) is 80.5 Å². The number of anilines is 1. The summed E-state index contributed by atoms with van der Waals surface area (Å²) >= 11 is 0.